The molecule has 0 saturated carbocycles. The lowest BCUT2D eigenvalue weighted by atomic mass is 10.0. The Labute approximate surface area is 127 Å². The van der Waals surface area contributed by atoms with Gasteiger partial charge in [0.25, 0.3) is 0 Å². The van der Waals surface area contributed by atoms with Crippen molar-refractivity contribution in [3.63, 3.8) is 0 Å². The lowest BCUT2D eigenvalue weighted by Crippen LogP contribution is -2.24. The molecule has 0 saturated heterocycles. The second-order valence-electron chi connectivity index (χ2n) is 5.31. The number of rotatable bonds is 9. The molecule has 21 heavy (non-hydrogen) atoms. The Kier molecular flexibility index (Phi) is 6.83. The van der Waals surface area contributed by atoms with E-state index in [1.165, 1.54) is 5.56 Å². The smallest absolute Gasteiger partial charge is 0.161 e. The molecule has 0 fully saturated rings. The van der Waals surface area contributed by atoms with Gasteiger partial charge in [-0.3, -0.25) is 0 Å². The number of benzene rings is 1. The first-order chi connectivity index (χ1) is 10.3. The molecule has 1 N–H and O–H groups in total. The Balaban J connectivity index is 2.00. The molecule has 2 rings (SSSR count). The van der Waals surface area contributed by atoms with Gasteiger partial charge in [0.2, 0.25) is 0 Å². The molecule has 1 aliphatic rings. The largest absolute Gasteiger partial charge is 0.486 e. The van der Waals surface area contributed by atoms with Gasteiger partial charge in [0, 0.05) is 19.3 Å². The van der Waals surface area contributed by atoms with Crippen molar-refractivity contribution >= 4 is 0 Å². The number of hydrogen-bond donors (Lipinski definition) is 1. The van der Waals surface area contributed by atoms with Gasteiger partial charge in [-0.15, -0.1) is 0 Å². The Morgan fingerprint density at radius 1 is 1.10 bits per heavy atom. The molecule has 1 heterocycles. The first-order valence-corrected chi connectivity index (χ1v) is 8.05. The van der Waals surface area contributed by atoms with Crippen LogP contribution in [0.25, 0.3) is 0 Å². The molecule has 0 amide bonds. The van der Waals surface area contributed by atoms with Crippen LogP contribution in [0.5, 0.6) is 11.5 Å². The van der Waals surface area contributed by atoms with Crippen LogP contribution >= 0.6 is 0 Å². The molecule has 1 aliphatic heterocycles. The van der Waals surface area contributed by atoms with Crippen LogP contribution in [0.3, 0.4) is 0 Å². The van der Waals surface area contributed by atoms with Gasteiger partial charge in [-0.05, 0) is 43.5 Å². The van der Waals surface area contributed by atoms with Crippen LogP contribution in [0, 0.1) is 0 Å². The van der Waals surface area contributed by atoms with Gasteiger partial charge in [-0.1, -0.05) is 19.9 Å². The molecule has 0 radical (unpaired) electrons. The zero-order valence-corrected chi connectivity index (χ0v) is 13.2. The van der Waals surface area contributed by atoms with E-state index < -0.39 is 0 Å². The SMILES string of the molecule is CCCNC(CCOCCC)c1ccc2c(c1)OCCO2. The van der Waals surface area contributed by atoms with Crippen LogP contribution in [-0.4, -0.2) is 33.0 Å². The minimum atomic E-state index is 0.303. The van der Waals surface area contributed by atoms with Crippen LogP contribution in [0.1, 0.15) is 44.7 Å². The standard InChI is InChI=1S/C17H27NO3/c1-3-8-18-15(7-10-19-9-4-2)14-5-6-16-17(13-14)21-12-11-20-16/h5-6,13,15,18H,3-4,7-12H2,1-2H3. The first-order valence-electron chi connectivity index (χ1n) is 8.05. The van der Waals surface area contributed by atoms with Crippen molar-refractivity contribution in [1.29, 1.82) is 0 Å². The maximum absolute atomic E-state index is 5.68. The van der Waals surface area contributed by atoms with Gasteiger partial charge in [0.05, 0.1) is 0 Å². The maximum atomic E-state index is 5.68. The number of nitrogens with one attached hydrogen (secondary N) is 1. The third kappa shape index (κ3) is 4.90. The molecular weight excluding hydrogens is 266 g/mol. The summed E-state index contributed by atoms with van der Waals surface area (Å²) in [7, 11) is 0. The van der Waals surface area contributed by atoms with Gasteiger partial charge in [0.15, 0.2) is 11.5 Å². The second-order valence-corrected chi connectivity index (χ2v) is 5.31. The third-order valence-corrected chi connectivity index (χ3v) is 3.51. The first kappa shape index (κ1) is 16.1. The molecule has 0 aliphatic carbocycles. The van der Waals surface area contributed by atoms with E-state index in [-0.39, 0.29) is 0 Å². The van der Waals surface area contributed by atoms with E-state index >= 15 is 0 Å². The summed E-state index contributed by atoms with van der Waals surface area (Å²) in [6.07, 6.45) is 3.16. The number of hydrogen-bond acceptors (Lipinski definition) is 4. The van der Waals surface area contributed by atoms with Crippen LogP contribution in [0.2, 0.25) is 0 Å². The molecule has 0 aromatic heterocycles. The Morgan fingerprint density at radius 3 is 2.67 bits per heavy atom. The molecule has 118 valence electrons. The number of fused-ring (bicyclic) bond motifs is 1. The van der Waals surface area contributed by atoms with Crippen LogP contribution in [0.15, 0.2) is 18.2 Å². The average Bonchev–Trinajstić information content (AvgIpc) is 2.54. The minimum Gasteiger partial charge on any atom is -0.486 e. The van der Waals surface area contributed by atoms with E-state index in [0.717, 1.165) is 50.5 Å². The lowest BCUT2D eigenvalue weighted by Gasteiger charge is -2.23. The van der Waals surface area contributed by atoms with E-state index in [9.17, 15) is 0 Å². The highest BCUT2D eigenvalue weighted by atomic mass is 16.6. The normalized spacial score (nSPS) is 15.0. The summed E-state index contributed by atoms with van der Waals surface area (Å²) >= 11 is 0. The molecule has 1 unspecified atom stereocenters. The van der Waals surface area contributed by atoms with Gasteiger partial charge in [-0.2, -0.15) is 0 Å². The summed E-state index contributed by atoms with van der Waals surface area (Å²) in [5.74, 6) is 1.71. The van der Waals surface area contributed by atoms with Crippen molar-refractivity contribution in [1.82, 2.24) is 5.32 Å². The van der Waals surface area contributed by atoms with Gasteiger partial charge in [-0.25, -0.2) is 0 Å². The summed E-state index contributed by atoms with van der Waals surface area (Å²) in [6.45, 7) is 8.20. The third-order valence-electron chi connectivity index (χ3n) is 3.51. The zero-order valence-electron chi connectivity index (χ0n) is 13.2. The predicted octanol–water partition coefficient (Wildman–Crippen LogP) is 3.32. The predicted molar refractivity (Wildman–Crippen MR) is 84.2 cm³/mol. The summed E-state index contributed by atoms with van der Waals surface area (Å²) in [5.41, 5.74) is 1.24. The number of ether oxygens (including phenoxy) is 3. The Bertz CT molecular complexity index is 422. The van der Waals surface area contributed by atoms with Crippen LogP contribution in [0.4, 0.5) is 0 Å². The molecule has 1 atom stereocenters. The summed E-state index contributed by atoms with van der Waals surface area (Å²) in [5, 5.41) is 3.59. The lowest BCUT2D eigenvalue weighted by molar-refractivity contribution is 0.124. The molecule has 4 nitrogen and oxygen atoms in total. The fourth-order valence-electron chi connectivity index (χ4n) is 2.43. The fourth-order valence-corrected chi connectivity index (χ4v) is 2.43. The average molecular weight is 293 g/mol. The fraction of sp³-hybridized carbons (Fsp3) is 0.647. The quantitative estimate of drug-likeness (QED) is 0.709. The van der Waals surface area contributed by atoms with Crippen LogP contribution in [-0.2, 0) is 4.74 Å². The van der Waals surface area contributed by atoms with Gasteiger partial charge in [0.1, 0.15) is 13.2 Å². The van der Waals surface area contributed by atoms with Crippen molar-refractivity contribution < 1.29 is 14.2 Å². The molecule has 0 bridgehead atoms. The van der Waals surface area contributed by atoms with E-state index in [4.69, 9.17) is 14.2 Å². The zero-order chi connectivity index (χ0) is 14.9. The molecule has 0 spiro atoms. The van der Waals surface area contributed by atoms with Crippen LogP contribution < -0.4 is 14.8 Å². The highest BCUT2D eigenvalue weighted by Gasteiger charge is 2.16. The van der Waals surface area contributed by atoms with Crippen molar-refractivity contribution in [3.05, 3.63) is 23.8 Å². The van der Waals surface area contributed by atoms with E-state index in [1.54, 1.807) is 0 Å². The van der Waals surface area contributed by atoms with E-state index in [0.29, 0.717) is 19.3 Å². The molecule has 4 heteroatoms. The topological polar surface area (TPSA) is 39.7 Å². The van der Waals surface area contributed by atoms with Gasteiger partial charge >= 0.3 is 0 Å². The summed E-state index contributed by atoms with van der Waals surface area (Å²) in [4.78, 5) is 0. The summed E-state index contributed by atoms with van der Waals surface area (Å²) < 4.78 is 16.9. The minimum absolute atomic E-state index is 0.303. The molecular formula is C17H27NO3. The highest BCUT2D eigenvalue weighted by molar-refractivity contribution is 5.44. The maximum Gasteiger partial charge on any atom is 0.161 e. The van der Waals surface area contributed by atoms with E-state index in [1.807, 2.05) is 6.07 Å². The van der Waals surface area contributed by atoms with Crippen molar-refractivity contribution in [2.45, 2.75) is 39.2 Å². The van der Waals surface area contributed by atoms with Gasteiger partial charge < -0.3 is 19.5 Å². The molecule has 1 aromatic carbocycles. The summed E-state index contributed by atoms with van der Waals surface area (Å²) in [6, 6.07) is 6.54. The molecule has 1 aromatic rings. The second kappa shape index (κ2) is 8.90. The van der Waals surface area contributed by atoms with E-state index in [2.05, 4.69) is 31.3 Å². The Morgan fingerprint density at radius 2 is 1.90 bits per heavy atom. The van der Waals surface area contributed by atoms with Crippen molar-refractivity contribution in [3.8, 4) is 11.5 Å². The highest BCUT2D eigenvalue weighted by Crippen LogP contribution is 2.33. The van der Waals surface area contributed by atoms with Crippen molar-refractivity contribution in [2.24, 2.45) is 0 Å². The monoisotopic (exact) mass is 293 g/mol. The Hall–Kier alpha value is -1.26. The van der Waals surface area contributed by atoms with Crippen molar-refractivity contribution in [2.75, 3.05) is 33.0 Å².